The lowest BCUT2D eigenvalue weighted by molar-refractivity contribution is -0.123. The number of nitrogens with zero attached hydrogens (tertiary/aromatic N) is 4. The van der Waals surface area contributed by atoms with E-state index in [4.69, 9.17) is 15.2 Å². The Balaban J connectivity index is 1.80. The van der Waals surface area contributed by atoms with Crippen molar-refractivity contribution in [1.29, 1.82) is 0 Å². The SMILES string of the molecule is Nc1ncnc2c1ncn2[C@H]1C=C[C@@H](OCP(=O)=O)O1. The minimum absolute atomic E-state index is 0.284. The van der Waals surface area contributed by atoms with Gasteiger partial charge in [-0.2, -0.15) is 0 Å². The van der Waals surface area contributed by atoms with Crippen molar-refractivity contribution in [2.24, 2.45) is 0 Å². The van der Waals surface area contributed by atoms with E-state index in [1.165, 1.54) is 12.7 Å². The minimum Gasteiger partial charge on any atom is -0.382 e. The summed E-state index contributed by atoms with van der Waals surface area (Å²) < 4.78 is 33.1. The van der Waals surface area contributed by atoms with Gasteiger partial charge in [-0.15, -0.1) is 0 Å². The fourth-order valence-electron chi connectivity index (χ4n) is 1.86. The summed E-state index contributed by atoms with van der Waals surface area (Å²) in [6, 6.07) is 0. The van der Waals surface area contributed by atoms with Gasteiger partial charge >= 0.3 is 7.68 Å². The first-order valence-corrected chi connectivity index (χ1v) is 7.01. The average Bonchev–Trinajstić information content (AvgIpc) is 3.02. The van der Waals surface area contributed by atoms with E-state index in [2.05, 4.69) is 15.0 Å². The van der Waals surface area contributed by atoms with Crippen LogP contribution in [-0.2, 0) is 18.6 Å². The molecule has 0 spiro atoms. The summed E-state index contributed by atoms with van der Waals surface area (Å²) >= 11 is 0. The van der Waals surface area contributed by atoms with Gasteiger partial charge in [0.15, 0.2) is 30.3 Å². The van der Waals surface area contributed by atoms with Gasteiger partial charge in [-0.05, 0) is 12.2 Å². The zero-order chi connectivity index (χ0) is 14.1. The van der Waals surface area contributed by atoms with E-state index < -0.39 is 26.5 Å². The highest BCUT2D eigenvalue weighted by molar-refractivity contribution is 7.30. The first-order chi connectivity index (χ1) is 9.65. The molecule has 2 N–H and O–H groups in total. The standard InChI is InChI=1S/C10H10N5O4P/c11-9-8-10(13-3-12-9)15(4-14-8)6-1-2-7(19-6)18-5-20(16)17/h1-4,6-7H,5H2,(H2,11,12,13)/t6-,7+/m1/s1. The summed E-state index contributed by atoms with van der Waals surface area (Å²) in [5.41, 5.74) is 6.71. The van der Waals surface area contributed by atoms with Crippen LogP contribution in [0.2, 0.25) is 0 Å². The maximum absolute atomic E-state index is 10.5. The van der Waals surface area contributed by atoms with Crippen LogP contribution in [0.25, 0.3) is 11.2 Å². The molecule has 0 unspecified atom stereocenters. The van der Waals surface area contributed by atoms with Crippen LogP contribution < -0.4 is 5.73 Å². The van der Waals surface area contributed by atoms with E-state index in [9.17, 15) is 9.13 Å². The molecular formula is C10H10N5O4P. The van der Waals surface area contributed by atoms with Crippen molar-refractivity contribution in [2.75, 3.05) is 12.1 Å². The topological polar surface area (TPSA) is 122 Å². The average molecular weight is 295 g/mol. The molecule has 3 rings (SSSR count). The van der Waals surface area contributed by atoms with Gasteiger partial charge in [-0.1, -0.05) is 0 Å². The molecule has 0 fully saturated rings. The number of fused-ring (bicyclic) bond motifs is 1. The van der Waals surface area contributed by atoms with Crippen LogP contribution in [0, 0.1) is 0 Å². The number of ether oxygens (including phenoxy) is 2. The predicted octanol–water partition coefficient (Wildman–Crippen LogP) is 0.967. The van der Waals surface area contributed by atoms with Gasteiger partial charge in [-0.25, -0.2) is 24.1 Å². The summed E-state index contributed by atoms with van der Waals surface area (Å²) in [6.45, 7) is 0. The second-order valence-electron chi connectivity index (χ2n) is 3.99. The Morgan fingerprint density at radius 1 is 1.35 bits per heavy atom. The van der Waals surface area contributed by atoms with Crippen molar-refractivity contribution in [3.8, 4) is 0 Å². The molecule has 0 saturated carbocycles. The maximum atomic E-state index is 10.5. The first-order valence-electron chi connectivity index (χ1n) is 5.65. The highest BCUT2D eigenvalue weighted by atomic mass is 31.1. The third kappa shape index (κ3) is 2.34. The van der Waals surface area contributed by atoms with Crippen molar-refractivity contribution < 1.29 is 18.6 Å². The molecule has 9 nitrogen and oxygen atoms in total. The van der Waals surface area contributed by atoms with Gasteiger partial charge in [0.05, 0.1) is 6.33 Å². The van der Waals surface area contributed by atoms with Gasteiger partial charge in [0.25, 0.3) is 0 Å². The number of imidazole rings is 1. The van der Waals surface area contributed by atoms with E-state index in [-0.39, 0.29) is 5.82 Å². The smallest absolute Gasteiger partial charge is 0.342 e. The molecule has 1 aliphatic heterocycles. The molecule has 2 atom stereocenters. The third-order valence-corrected chi connectivity index (χ3v) is 3.07. The summed E-state index contributed by atoms with van der Waals surface area (Å²) in [4.78, 5) is 12.1. The van der Waals surface area contributed by atoms with E-state index in [1.807, 2.05) is 0 Å². The Morgan fingerprint density at radius 2 is 2.20 bits per heavy atom. The molecule has 1 aliphatic rings. The zero-order valence-corrected chi connectivity index (χ0v) is 11.0. The first kappa shape index (κ1) is 12.9. The summed E-state index contributed by atoms with van der Waals surface area (Å²) in [5.74, 6) is 0.284. The number of hydrogen-bond acceptors (Lipinski definition) is 8. The fourth-order valence-corrected chi connectivity index (χ4v) is 2.13. The number of rotatable bonds is 4. The van der Waals surface area contributed by atoms with Crippen molar-refractivity contribution in [1.82, 2.24) is 19.5 Å². The Morgan fingerprint density at radius 3 is 3.00 bits per heavy atom. The van der Waals surface area contributed by atoms with E-state index >= 15 is 0 Å². The highest BCUT2D eigenvalue weighted by Crippen LogP contribution is 2.26. The molecule has 0 amide bonds. The quantitative estimate of drug-likeness (QED) is 0.653. The molecule has 0 aliphatic carbocycles. The lowest BCUT2D eigenvalue weighted by Crippen LogP contribution is -2.14. The zero-order valence-electron chi connectivity index (χ0n) is 10.1. The molecule has 2 aromatic heterocycles. The minimum atomic E-state index is -2.60. The molecule has 0 radical (unpaired) electrons. The number of anilines is 1. The molecule has 2 aromatic rings. The molecular weight excluding hydrogens is 285 g/mol. The van der Waals surface area contributed by atoms with Gasteiger partial charge < -0.3 is 15.2 Å². The number of hydrogen-bond donors (Lipinski definition) is 1. The van der Waals surface area contributed by atoms with Crippen molar-refractivity contribution in [3.05, 3.63) is 24.8 Å². The van der Waals surface area contributed by atoms with Gasteiger partial charge in [-0.3, -0.25) is 4.57 Å². The number of nitrogen functional groups attached to an aromatic ring is 1. The van der Waals surface area contributed by atoms with Crippen LogP contribution in [-0.4, -0.2) is 32.2 Å². The van der Waals surface area contributed by atoms with E-state index in [1.54, 1.807) is 16.7 Å². The molecule has 104 valence electrons. The van der Waals surface area contributed by atoms with Crippen LogP contribution in [0.5, 0.6) is 0 Å². The highest BCUT2D eigenvalue weighted by Gasteiger charge is 2.23. The van der Waals surface area contributed by atoms with Gasteiger partial charge in [0.2, 0.25) is 0 Å². The monoisotopic (exact) mass is 295 g/mol. The number of aromatic nitrogens is 4. The van der Waals surface area contributed by atoms with Crippen molar-refractivity contribution in [3.63, 3.8) is 0 Å². The predicted molar refractivity (Wildman–Crippen MR) is 67.0 cm³/mol. The second-order valence-corrected chi connectivity index (χ2v) is 4.92. The lowest BCUT2D eigenvalue weighted by Gasteiger charge is -2.14. The molecule has 3 heterocycles. The Labute approximate surface area is 113 Å². The van der Waals surface area contributed by atoms with E-state index in [0.29, 0.717) is 11.2 Å². The van der Waals surface area contributed by atoms with Crippen LogP contribution >= 0.6 is 7.68 Å². The summed E-state index contributed by atoms with van der Waals surface area (Å²) in [6.07, 6.45) is 4.62. The maximum Gasteiger partial charge on any atom is 0.342 e. The number of nitrogens with two attached hydrogens (primary N) is 1. The van der Waals surface area contributed by atoms with Crippen LogP contribution in [0.3, 0.4) is 0 Å². The van der Waals surface area contributed by atoms with Gasteiger partial charge in [0, 0.05) is 0 Å². The van der Waals surface area contributed by atoms with E-state index in [0.717, 1.165) is 0 Å². The third-order valence-electron chi connectivity index (χ3n) is 2.71. The normalized spacial score (nSPS) is 21.6. The Kier molecular flexibility index (Phi) is 3.31. The summed E-state index contributed by atoms with van der Waals surface area (Å²) in [5, 5.41) is 0. The molecule has 0 bridgehead atoms. The van der Waals surface area contributed by atoms with Crippen molar-refractivity contribution >= 4 is 24.7 Å². The van der Waals surface area contributed by atoms with Crippen LogP contribution in [0.1, 0.15) is 6.23 Å². The lowest BCUT2D eigenvalue weighted by atomic mass is 10.4. The molecule has 0 aromatic carbocycles. The summed E-state index contributed by atoms with van der Waals surface area (Å²) in [7, 11) is -2.60. The Hall–Kier alpha value is -2.09. The second kappa shape index (κ2) is 5.12. The molecule has 0 saturated heterocycles. The van der Waals surface area contributed by atoms with Crippen LogP contribution in [0.4, 0.5) is 5.82 Å². The molecule has 20 heavy (non-hydrogen) atoms. The van der Waals surface area contributed by atoms with Gasteiger partial charge in [0.1, 0.15) is 11.8 Å². The van der Waals surface area contributed by atoms with Crippen LogP contribution in [0.15, 0.2) is 24.8 Å². The largest absolute Gasteiger partial charge is 0.382 e. The van der Waals surface area contributed by atoms with Crippen molar-refractivity contribution in [2.45, 2.75) is 12.5 Å². The molecule has 10 heteroatoms. The fraction of sp³-hybridized carbons (Fsp3) is 0.300. The Bertz CT molecular complexity index is 732.